The van der Waals surface area contributed by atoms with Gasteiger partial charge in [-0.1, -0.05) is 32.1 Å². The first-order chi connectivity index (χ1) is 14.8. The second-order valence-corrected chi connectivity index (χ2v) is 9.87. The highest BCUT2D eigenvalue weighted by molar-refractivity contribution is 7.18. The summed E-state index contributed by atoms with van der Waals surface area (Å²) in [4.78, 5) is 16.4. The van der Waals surface area contributed by atoms with Gasteiger partial charge < -0.3 is 10.5 Å². The Balaban J connectivity index is 1.43. The van der Waals surface area contributed by atoms with Crippen LogP contribution in [0.5, 0.6) is 5.88 Å². The lowest BCUT2D eigenvalue weighted by atomic mass is 9.85. The Labute approximate surface area is 182 Å². The van der Waals surface area contributed by atoms with Crippen molar-refractivity contribution < 1.29 is 4.74 Å². The molecule has 0 spiro atoms. The number of fused-ring (bicyclic) bond motifs is 3. The van der Waals surface area contributed by atoms with E-state index in [9.17, 15) is 0 Å². The van der Waals surface area contributed by atoms with Crippen LogP contribution in [-0.4, -0.2) is 27.6 Å². The molecule has 1 fully saturated rings. The minimum absolute atomic E-state index is 0.0527. The Morgan fingerprint density at radius 1 is 1.03 bits per heavy atom. The molecular weight excluding hydrogens is 392 g/mol. The number of nitrogens with two attached hydrogens (primary N) is 1. The van der Waals surface area contributed by atoms with Crippen LogP contribution in [0, 0.1) is 5.92 Å². The van der Waals surface area contributed by atoms with Gasteiger partial charge in [-0.2, -0.15) is 4.98 Å². The van der Waals surface area contributed by atoms with Crippen LogP contribution in [0.15, 0.2) is 24.5 Å². The third-order valence-electron chi connectivity index (χ3n) is 6.51. The van der Waals surface area contributed by atoms with E-state index in [0.717, 1.165) is 41.0 Å². The molecule has 1 saturated carbocycles. The zero-order chi connectivity index (χ0) is 20.3. The Morgan fingerprint density at radius 2 is 1.83 bits per heavy atom. The lowest BCUT2D eigenvalue weighted by Crippen LogP contribution is -2.31. The second-order valence-electron chi connectivity index (χ2n) is 8.79. The van der Waals surface area contributed by atoms with E-state index in [0.29, 0.717) is 18.3 Å². The molecule has 0 radical (unpaired) electrons. The van der Waals surface area contributed by atoms with Crippen LogP contribution in [0.25, 0.3) is 21.6 Å². The largest absolute Gasteiger partial charge is 0.475 e. The molecule has 3 heterocycles. The van der Waals surface area contributed by atoms with Gasteiger partial charge in [-0.25, -0.2) is 4.98 Å². The van der Waals surface area contributed by atoms with Crippen LogP contribution in [0.3, 0.4) is 0 Å². The number of ether oxygens (including phenoxy) is 1. The van der Waals surface area contributed by atoms with Gasteiger partial charge >= 0.3 is 0 Å². The first kappa shape index (κ1) is 19.9. The van der Waals surface area contributed by atoms with Crippen LogP contribution < -0.4 is 10.5 Å². The zero-order valence-electron chi connectivity index (χ0n) is 17.5. The summed E-state index contributed by atoms with van der Waals surface area (Å²) < 4.78 is 6.32. The summed E-state index contributed by atoms with van der Waals surface area (Å²) in [5.41, 5.74) is 8.85. The van der Waals surface area contributed by atoms with Crippen molar-refractivity contribution in [1.29, 1.82) is 0 Å². The van der Waals surface area contributed by atoms with Gasteiger partial charge in [-0.3, -0.25) is 4.98 Å². The van der Waals surface area contributed by atoms with Gasteiger partial charge in [0.1, 0.15) is 11.4 Å². The van der Waals surface area contributed by atoms with Crippen LogP contribution in [0.4, 0.5) is 0 Å². The Kier molecular flexibility index (Phi) is 5.95. The van der Waals surface area contributed by atoms with Gasteiger partial charge in [0.05, 0.1) is 5.39 Å². The summed E-state index contributed by atoms with van der Waals surface area (Å²) in [5.74, 6) is 2.17. The number of rotatable bonds is 6. The summed E-state index contributed by atoms with van der Waals surface area (Å²) in [5, 5.41) is 1.12. The maximum absolute atomic E-state index is 6.48. The van der Waals surface area contributed by atoms with Crippen LogP contribution in [-0.2, 0) is 12.8 Å². The first-order valence-corrected chi connectivity index (χ1v) is 12.2. The summed E-state index contributed by atoms with van der Waals surface area (Å²) in [6, 6.07) is 3.96. The van der Waals surface area contributed by atoms with E-state index in [1.807, 2.05) is 23.5 Å². The summed E-state index contributed by atoms with van der Waals surface area (Å²) >= 11 is 1.81. The number of hydrogen-bond donors (Lipinski definition) is 1. The van der Waals surface area contributed by atoms with Gasteiger partial charge in [0, 0.05) is 28.9 Å². The van der Waals surface area contributed by atoms with E-state index < -0.39 is 0 Å². The predicted molar refractivity (Wildman–Crippen MR) is 122 cm³/mol. The van der Waals surface area contributed by atoms with Gasteiger partial charge in [0.2, 0.25) is 5.88 Å². The molecule has 5 nitrogen and oxygen atoms in total. The molecule has 2 N–H and O–H groups in total. The van der Waals surface area contributed by atoms with E-state index in [1.165, 1.54) is 55.4 Å². The zero-order valence-corrected chi connectivity index (χ0v) is 18.3. The molecule has 2 aliphatic carbocycles. The van der Waals surface area contributed by atoms with Gasteiger partial charge in [-0.15, -0.1) is 11.3 Å². The molecule has 5 rings (SSSR count). The minimum atomic E-state index is 0.0527. The monoisotopic (exact) mass is 422 g/mol. The summed E-state index contributed by atoms with van der Waals surface area (Å²) in [6.07, 6.45) is 16.0. The number of thiophene rings is 1. The maximum atomic E-state index is 6.48. The van der Waals surface area contributed by atoms with Crippen LogP contribution in [0.2, 0.25) is 0 Å². The first-order valence-electron chi connectivity index (χ1n) is 11.4. The molecule has 30 heavy (non-hydrogen) atoms. The average molecular weight is 423 g/mol. The fraction of sp³-hybridized carbons (Fsp3) is 0.542. The summed E-state index contributed by atoms with van der Waals surface area (Å²) in [7, 11) is 0. The van der Waals surface area contributed by atoms with E-state index in [2.05, 4.69) is 4.98 Å². The lowest BCUT2D eigenvalue weighted by Gasteiger charge is -2.24. The second kappa shape index (κ2) is 8.98. The summed E-state index contributed by atoms with van der Waals surface area (Å²) in [6.45, 7) is 0.517. The molecule has 0 bridgehead atoms. The molecule has 3 aromatic rings. The molecule has 158 valence electrons. The Bertz CT molecular complexity index is 997. The SMILES string of the molecule is N[C@H](COc1nc(-c2ccncc2)nc2sc3c(c12)CCCC3)CC1CCCCC1. The topological polar surface area (TPSA) is 73.9 Å². The molecule has 0 unspecified atom stereocenters. The van der Waals surface area contributed by atoms with Crippen molar-refractivity contribution in [3.05, 3.63) is 35.0 Å². The van der Waals surface area contributed by atoms with E-state index in [-0.39, 0.29) is 6.04 Å². The predicted octanol–water partition coefficient (Wildman–Crippen LogP) is 5.31. The van der Waals surface area contributed by atoms with Crippen molar-refractivity contribution in [2.45, 2.75) is 70.3 Å². The molecule has 3 aromatic heterocycles. The highest BCUT2D eigenvalue weighted by Crippen LogP contribution is 2.40. The normalized spacial score (nSPS) is 18.3. The number of aromatic nitrogens is 3. The van der Waals surface area contributed by atoms with Crippen molar-refractivity contribution in [1.82, 2.24) is 15.0 Å². The molecular formula is C24H30N4OS. The fourth-order valence-corrected chi connectivity index (χ4v) is 6.22. The van der Waals surface area contributed by atoms with Crippen molar-refractivity contribution in [2.75, 3.05) is 6.61 Å². The van der Waals surface area contributed by atoms with Crippen molar-refractivity contribution in [3.63, 3.8) is 0 Å². The van der Waals surface area contributed by atoms with Crippen LogP contribution in [0.1, 0.15) is 61.8 Å². The number of hydrogen-bond acceptors (Lipinski definition) is 6. The number of aryl methyl sites for hydroxylation is 2. The third kappa shape index (κ3) is 4.21. The van der Waals surface area contributed by atoms with E-state index in [1.54, 1.807) is 12.4 Å². The number of nitrogens with zero attached hydrogens (tertiary/aromatic N) is 3. The molecule has 0 amide bonds. The van der Waals surface area contributed by atoms with Crippen molar-refractivity contribution >= 4 is 21.6 Å². The standard InChI is InChI=1S/C24H30N4OS/c25-18(14-16-6-2-1-3-7-16)15-29-23-21-19-8-4-5-9-20(19)30-24(21)28-22(27-23)17-10-12-26-13-11-17/h10-13,16,18H,1-9,14-15,25H2/t18-/m0/s1. The molecule has 0 saturated heterocycles. The van der Waals surface area contributed by atoms with Crippen molar-refractivity contribution in [3.8, 4) is 17.3 Å². The molecule has 0 aliphatic heterocycles. The van der Waals surface area contributed by atoms with Gasteiger partial charge in [0.15, 0.2) is 5.82 Å². The molecule has 2 aliphatic rings. The lowest BCUT2D eigenvalue weighted by molar-refractivity contribution is 0.240. The van der Waals surface area contributed by atoms with Crippen molar-refractivity contribution in [2.24, 2.45) is 11.7 Å². The molecule has 1 atom stereocenters. The van der Waals surface area contributed by atoms with Gasteiger partial charge in [0.25, 0.3) is 0 Å². The highest BCUT2D eigenvalue weighted by atomic mass is 32.1. The van der Waals surface area contributed by atoms with Gasteiger partial charge in [-0.05, 0) is 55.7 Å². The average Bonchev–Trinajstić information content (AvgIpc) is 3.17. The smallest absolute Gasteiger partial charge is 0.226 e. The molecule has 0 aromatic carbocycles. The maximum Gasteiger partial charge on any atom is 0.226 e. The number of pyridine rings is 1. The Hall–Kier alpha value is -2.05. The van der Waals surface area contributed by atoms with E-state index >= 15 is 0 Å². The fourth-order valence-electron chi connectivity index (χ4n) is 4.96. The molecule has 6 heteroatoms. The van der Waals surface area contributed by atoms with Crippen LogP contribution >= 0.6 is 11.3 Å². The highest BCUT2D eigenvalue weighted by Gasteiger charge is 2.23. The quantitative estimate of drug-likeness (QED) is 0.583. The minimum Gasteiger partial charge on any atom is -0.475 e. The van der Waals surface area contributed by atoms with E-state index in [4.69, 9.17) is 20.4 Å². The third-order valence-corrected chi connectivity index (χ3v) is 7.70. The Morgan fingerprint density at radius 3 is 2.67 bits per heavy atom.